The predicted molar refractivity (Wildman–Crippen MR) is 48.5 cm³/mol. The molecule has 0 saturated carbocycles. The second-order valence-electron chi connectivity index (χ2n) is 3.20. The first-order valence-corrected chi connectivity index (χ1v) is 4.31. The Morgan fingerprint density at radius 3 is 3.08 bits per heavy atom. The summed E-state index contributed by atoms with van der Waals surface area (Å²) in [5.41, 5.74) is 2.33. The summed E-state index contributed by atoms with van der Waals surface area (Å²) in [4.78, 5) is 16.1. The van der Waals surface area contributed by atoms with E-state index in [-0.39, 0.29) is 18.4 Å². The summed E-state index contributed by atoms with van der Waals surface area (Å²) < 4.78 is 0. The van der Waals surface area contributed by atoms with Crippen molar-refractivity contribution in [2.75, 3.05) is 19.7 Å². The van der Waals surface area contributed by atoms with E-state index in [2.05, 4.69) is 16.7 Å². The number of hydroxylamine groups is 1. The van der Waals surface area contributed by atoms with E-state index in [0.29, 0.717) is 12.5 Å². The molecule has 1 aliphatic rings. The molecule has 0 aliphatic carbocycles. The van der Waals surface area contributed by atoms with Gasteiger partial charge in [0, 0.05) is 6.54 Å². The molecule has 1 rings (SSSR count). The first-order chi connectivity index (χ1) is 6.25. The van der Waals surface area contributed by atoms with Gasteiger partial charge in [-0.2, -0.15) is 0 Å². The highest BCUT2D eigenvalue weighted by Crippen LogP contribution is 2.15. The molecule has 72 valence electrons. The van der Waals surface area contributed by atoms with E-state index in [1.165, 1.54) is 0 Å². The van der Waals surface area contributed by atoms with E-state index < -0.39 is 0 Å². The second kappa shape index (κ2) is 4.85. The average molecular weight is 182 g/mol. The molecule has 0 radical (unpaired) electrons. The van der Waals surface area contributed by atoms with Gasteiger partial charge in [0.2, 0.25) is 5.91 Å². The smallest absolute Gasteiger partial charge is 0.248 e. The lowest BCUT2D eigenvalue weighted by Crippen LogP contribution is -2.34. The predicted octanol–water partition coefficient (Wildman–Crippen LogP) is -0.477. The summed E-state index contributed by atoms with van der Waals surface area (Å²) >= 11 is 0. The normalized spacial score (nSPS) is 26.8. The Labute approximate surface area is 78.0 Å². The quantitative estimate of drug-likeness (QED) is 0.352. The van der Waals surface area contributed by atoms with Gasteiger partial charge in [-0.1, -0.05) is 12.8 Å². The van der Waals surface area contributed by atoms with Crippen molar-refractivity contribution >= 4 is 5.91 Å². The number of amides is 1. The summed E-state index contributed by atoms with van der Waals surface area (Å²) in [5.74, 6) is 2.54. The van der Waals surface area contributed by atoms with Crippen LogP contribution in [0, 0.1) is 24.2 Å². The van der Waals surface area contributed by atoms with Gasteiger partial charge in [0.1, 0.15) is 6.61 Å². The molecular formula is C9H14N2O2. The summed E-state index contributed by atoms with van der Waals surface area (Å²) in [6.07, 6.45) is 4.96. The lowest BCUT2D eigenvalue weighted by Gasteiger charge is -2.12. The standard InChI is InChI=1S/C9H14N2O2/c1-3-4-13-11-9(12)8-6-10-5-7(8)2/h1,7-8,10H,4-6H2,2H3,(H,11,12)/t7-,8-/m1/s1. The molecule has 0 aromatic rings. The Balaban J connectivity index is 2.27. The van der Waals surface area contributed by atoms with Gasteiger partial charge in [-0.3, -0.25) is 9.63 Å². The van der Waals surface area contributed by atoms with Crippen LogP contribution >= 0.6 is 0 Å². The number of hydrogen-bond donors (Lipinski definition) is 2. The van der Waals surface area contributed by atoms with Crippen LogP contribution in [0.4, 0.5) is 0 Å². The van der Waals surface area contributed by atoms with Crippen LogP contribution in [0.2, 0.25) is 0 Å². The molecule has 4 heteroatoms. The minimum absolute atomic E-state index is 0.00206. The topological polar surface area (TPSA) is 50.4 Å². The van der Waals surface area contributed by atoms with Gasteiger partial charge in [-0.25, -0.2) is 5.48 Å². The lowest BCUT2D eigenvalue weighted by molar-refractivity contribution is -0.137. The van der Waals surface area contributed by atoms with E-state index >= 15 is 0 Å². The molecule has 1 saturated heterocycles. The van der Waals surface area contributed by atoms with Crippen molar-refractivity contribution in [1.29, 1.82) is 0 Å². The molecule has 2 atom stereocenters. The third-order valence-electron chi connectivity index (χ3n) is 2.18. The van der Waals surface area contributed by atoms with Crippen molar-refractivity contribution in [1.82, 2.24) is 10.8 Å². The molecule has 0 aromatic carbocycles. The van der Waals surface area contributed by atoms with Crippen molar-refractivity contribution in [2.24, 2.45) is 11.8 Å². The van der Waals surface area contributed by atoms with Gasteiger partial charge < -0.3 is 5.32 Å². The SMILES string of the molecule is C#CCONC(=O)[C@@H]1CNC[C@H]1C. The van der Waals surface area contributed by atoms with Crippen LogP contribution in [0.3, 0.4) is 0 Å². The summed E-state index contributed by atoms with van der Waals surface area (Å²) in [7, 11) is 0. The molecule has 1 heterocycles. The Kier molecular flexibility index (Phi) is 3.74. The zero-order chi connectivity index (χ0) is 9.68. The van der Waals surface area contributed by atoms with Crippen LogP contribution < -0.4 is 10.8 Å². The van der Waals surface area contributed by atoms with E-state index in [9.17, 15) is 4.79 Å². The maximum atomic E-state index is 11.4. The molecule has 1 amide bonds. The maximum absolute atomic E-state index is 11.4. The van der Waals surface area contributed by atoms with Crippen LogP contribution in [-0.2, 0) is 9.63 Å². The molecule has 0 bridgehead atoms. The van der Waals surface area contributed by atoms with Gasteiger partial charge in [-0.15, -0.1) is 6.42 Å². The third kappa shape index (κ3) is 2.72. The molecular weight excluding hydrogens is 168 g/mol. The van der Waals surface area contributed by atoms with Crippen molar-refractivity contribution in [3.05, 3.63) is 0 Å². The van der Waals surface area contributed by atoms with Crippen LogP contribution in [0.1, 0.15) is 6.92 Å². The van der Waals surface area contributed by atoms with E-state index in [1.807, 2.05) is 6.92 Å². The van der Waals surface area contributed by atoms with E-state index in [4.69, 9.17) is 11.3 Å². The first kappa shape index (κ1) is 10.0. The highest BCUT2D eigenvalue weighted by atomic mass is 16.6. The highest BCUT2D eigenvalue weighted by Gasteiger charge is 2.29. The number of carbonyl (C=O) groups excluding carboxylic acids is 1. The number of rotatable bonds is 3. The minimum atomic E-state index is -0.0900. The van der Waals surface area contributed by atoms with Gasteiger partial charge in [0.25, 0.3) is 0 Å². The molecule has 0 unspecified atom stereocenters. The largest absolute Gasteiger partial charge is 0.316 e. The summed E-state index contributed by atoms with van der Waals surface area (Å²) in [6.45, 7) is 3.74. The molecule has 0 aromatic heterocycles. The fourth-order valence-electron chi connectivity index (χ4n) is 1.39. The number of terminal acetylenes is 1. The van der Waals surface area contributed by atoms with Crippen LogP contribution in [-0.4, -0.2) is 25.6 Å². The fraction of sp³-hybridized carbons (Fsp3) is 0.667. The van der Waals surface area contributed by atoms with Crippen molar-refractivity contribution in [3.63, 3.8) is 0 Å². The van der Waals surface area contributed by atoms with Gasteiger partial charge in [0.05, 0.1) is 5.92 Å². The number of hydrogen-bond acceptors (Lipinski definition) is 3. The molecule has 1 aliphatic heterocycles. The zero-order valence-electron chi connectivity index (χ0n) is 7.67. The Bertz CT molecular complexity index is 222. The molecule has 2 N–H and O–H groups in total. The van der Waals surface area contributed by atoms with Crippen LogP contribution in [0.25, 0.3) is 0 Å². The van der Waals surface area contributed by atoms with Gasteiger partial charge in [0.15, 0.2) is 0 Å². The fourth-order valence-corrected chi connectivity index (χ4v) is 1.39. The average Bonchev–Trinajstić information content (AvgIpc) is 2.52. The molecule has 4 nitrogen and oxygen atoms in total. The van der Waals surface area contributed by atoms with Crippen molar-refractivity contribution in [2.45, 2.75) is 6.92 Å². The molecule has 13 heavy (non-hydrogen) atoms. The molecule has 0 spiro atoms. The third-order valence-corrected chi connectivity index (χ3v) is 2.18. The Hall–Kier alpha value is -1.05. The zero-order valence-corrected chi connectivity index (χ0v) is 7.67. The maximum Gasteiger partial charge on any atom is 0.248 e. The summed E-state index contributed by atoms with van der Waals surface area (Å²) in [6, 6.07) is 0. The van der Waals surface area contributed by atoms with E-state index in [0.717, 1.165) is 6.54 Å². The van der Waals surface area contributed by atoms with E-state index in [1.54, 1.807) is 0 Å². The minimum Gasteiger partial charge on any atom is -0.316 e. The van der Waals surface area contributed by atoms with Crippen LogP contribution in [0.15, 0.2) is 0 Å². The van der Waals surface area contributed by atoms with Crippen molar-refractivity contribution < 1.29 is 9.63 Å². The first-order valence-electron chi connectivity index (χ1n) is 4.31. The lowest BCUT2D eigenvalue weighted by atomic mass is 9.98. The Morgan fingerprint density at radius 2 is 2.54 bits per heavy atom. The van der Waals surface area contributed by atoms with Gasteiger partial charge >= 0.3 is 0 Å². The van der Waals surface area contributed by atoms with Crippen LogP contribution in [0.5, 0.6) is 0 Å². The van der Waals surface area contributed by atoms with Crippen molar-refractivity contribution in [3.8, 4) is 12.3 Å². The molecule has 1 fully saturated rings. The highest BCUT2D eigenvalue weighted by molar-refractivity contribution is 5.78. The number of nitrogens with one attached hydrogen (secondary N) is 2. The summed E-state index contributed by atoms with van der Waals surface area (Å²) in [5, 5.41) is 3.14. The monoisotopic (exact) mass is 182 g/mol. The van der Waals surface area contributed by atoms with Gasteiger partial charge in [-0.05, 0) is 12.5 Å². The Morgan fingerprint density at radius 1 is 1.77 bits per heavy atom. The second-order valence-corrected chi connectivity index (χ2v) is 3.20. The number of carbonyl (C=O) groups is 1.